The van der Waals surface area contributed by atoms with Crippen molar-refractivity contribution in [3.05, 3.63) is 112 Å². The van der Waals surface area contributed by atoms with Crippen molar-refractivity contribution in [3.63, 3.8) is 0 Å². The molecule has 14 amide bonds. The number of likely N-dealkylation sites (tertiary alicyclic amines) is 3. The van der Waals surface area contributed by atoms with Gasteiger partial charge >= 0.3 is 7.82 Å². The van der Waals surface area contributed by atoms with Gasteiger partial charge in [-0.15, -0.1) is 0 Å². The molecule has 0 saturated carbocycles. The highest BCUT2D eigenvalue weighted by Gasteiger charge is 2.44. The van der Waals surface area contributed by atoms with Gasteiger partial charge in [-0.05, 0) is 133 Å². The van der Waals surface area contributed by atoms with Gasteiger partial charge in [0.05, 0.1) is 23.2 Å². The highest BCUT2D eigenvalue weighted by Crippen LogP contribution is 2.49. The van der Waals surface area contributed by atoms with Gasteiger partial charge in [-0.25, -0.2) is 4.57 Å². The first-order valence-corrected chi connectivity index (χ1v) is 39.3. The lowest BCUT2D eigenvalue weighted by atomic mass is 10.0. The average molecular weight is 1590 g/mol. The van der Waals surface area contributed by atoms with Crippen molar-refractivity contribution < 1.29 is 90.6 Å². The summed E-state index contributed by atoms with van der Waals surface area (Å²) in [4.78, 5) is 221. The van der Waals surface area contributed by atoms with Crippen molar-refractivity contribution in [1.82, 2.24) is 62.6 Å². The molecule has 37 heteroatoms. The molecule has 2 unspecified atom stereocenters. The molecule has 0 radical (unpaired) electrons. The minimum absolute atomic E-state index is 0.000258. The Bertz CT molecular complexity index is 3880. The van der Waals surface area contributed by atoms with Crippen LogP contribution in [-0.4, -0.2) is 213 Å². The van der Waals surface area contributed by atoms with E-state index >= 15 is 0 Å². The zero-order valence-electron chi connectivity index (χ0n) is 64.6. The number of unbranched alkanes of at least 4 members (excludes halogenated alkanes) is 1. The number of hydrogen-bond donors (Lipinski definition) is 13. The molecule has 3 aliphatic rings. The number of phosphoric ester groups is 1. The Morgan fingerprint density at radius 2 is 0.938 bits per heavy atom. The number of benzene rings is 3. The first-order chi connectivity index (χ1) is 53.0. The van der Waals surface area contributed by atoms with Gasteiger partial charge in [0.15, 0.2) is 0 Å². The molecule has 112 heavy (non-hydrogen) atoms. The molecular weight excluding hydrogens is 1480 g/mol. The van der Waals surface area contributed by atoms with Crippen LogP contribution in [0.25, 0.3) is 0 Å². The quantitative estimate of drug-likeness (QED) is 0.0160. The summed E-state index contributed by atoms with van der Waals surface area (Å²) >= 11 is 0. The maximum absolute atomic E-state index is 14.9. The fourth-order valence-corrected chi connectivity index (χ4v) is 14.5. The van der Waals surface area contributed by atoms with Crippen LogP contribution in [0.4, 0.5) is 5.69 Å². The normalized spacial score (nSPS) is 18.6. The molecule has 0 aliphatic carbocycles. The second-order valence-electron chi connectivity index (χ2n) is 29.3. The van der Waals surface area contributed by atoms with Crippen molar-refractivity contribution in [2.75, 3.05) is 32.8 Å². The molecule has 14 atom stereocenters. The van der Waals surface area contributed by atoms with Crippen LogP contribution in [0.1, 0.15) is 162 Å². The van der Waals surface area contributed by atoms with Gasteiger partial charge in [-0.3, -0.25) is 86.3 Å². The monoisotopic (exact) mass is 1580 g/mol. The molecule has 16 N–H and O–H groups in total. The molecule has 3 aliphatic heterocycles. The van der Waals surface area contributed by atoms with Gasteiger partial charge in [0, 0.05) is 51.9 Å². The van der Waals surface area contributed by atoms with Gasteiger partial charge < -0.3 is 84.6 Å². The lowest BCUT2D eigenvalue weighted by Gasteiger charge is -2.31. The molecule has 0 bridgehead atoms. The first-order valence-electron chi connectivity index (χ1n) is 37.8. The van der Waals surface area contributed by atoms with Crippen LogP contribution in [-0.2, 0) is 93.6 Å². The maximum Gasteiger partial charge on any atom is 0.472 e. The topological polar surface area (TPSA) is 534 Å². The molecule has 6 rings (SSSR count). The number of carbonyl (C=O) groups excluding carboxylic acids is 14. The number of phosphoric acid groups is 1. The summed E-state index contributed by atoms with van der Waals surface area (Å²) in [6.45, 7) is 11.7. The van der Waals surface area contributed by atoms with E-state index in [1.807, 2.05) is 0 Å². The van der Waals surface area contributed by atoms with Crippen LogP contribution in [0.3, 0.4) is 0 Å². The summed E-state index contributed by atoms with van der Waals surface area (Å²) < 4.78 is 24.3. The van der Waals surface area contributed by atoms with Crippen LogP contribution in [0, 0.1) is 22.0 Å². The summed E-state index contributed by atoms with van der Waals surface area (Å²) in [7, 11) is -5.28. The van der Waals surface area contributed by atoms with Gasteiger partial charge in [0.25, 0.3) is 5.69 Å². The molecule has 614 valence electrons. The predicted octanol–water partition coefficient (Wildman–Crippen LogP) is 0.643. The van der Waals surface area contributed by atoms with E-state index in [2.05, 4.69) is 47.9 Å². The minimum Gasteiger partial charge on any atom is -0.370 e. The Hall–Kier alpha value is -10.3. The standard InChI is InChI=1S/C75H109N16O20P/c1-43(2)38-54(69(99)79-45(5)66(96)83-56(40-49-22-11-9-12-23-49)71(101)82-53(32-33-63(77)93)68(98)86-57(41-50-24-13-10-14-25-50)74(104)89-36-19-29-60(89)64(78)94)84-67(97)52(27-17-18-34-76)81-65(95)46(6)80-72(102)62-31-21-37-90(62)75(105)58(42-110-112(108,109)111-47(7)51-26-15-16-28-59(51)91(106)107)87-70(100)55(39-44(3)4)85-73(103)61-30-20-35-88(61)48(8)92/h9-16,22-26,28,43-47,52-58,60-62H,17-21,27,29-42,76H2,1-8H3,(H2,77,93)(H2,78,94)(H,79,99)(H,80,102)(H,81,95)(H,82,101)(H,83,96)(H,84,97)(H,85,103)(H,86,98)(H,87,100)(H,108,109)/t45-,46-,47?,52-,53-,54-,55-,56-,57-,58-,60-,61-,62-/m0/s1. The summed E-state index contributed by atoms with van der Waals surface area (Å²) in [5, 5.41) is 35.6. The fourth-order valence-electron chi connectivity index (χ4n) is 13.6. The number of hydrogen-bond acceptors (Lipinski definition) is 20. The summed E-state index contributed by atoms with van der Waals surface area (Å²) in [6.07, 6.45) is 0.0655. The summed E-state index contributed by atoms with van der Waals surface area (Å²) in [5.74, 6) is -11.8. The van der Waals surface area contributed by atoms with Gasteiger partial charge in [0.1, 0.15) is 72.5 Å². The number of nitro benzene ring substituents is 1. The van der Waals surface area contributed by atoms with Crippen LogP contribution in [0.2, 0.25) is 0 Å². The summed E-state index contributed by atoms with van der Waals surface area (Å²) in [5.41, 5.74) is 17.7. The van der Waals surface area contributed by atoms with Crippen LogP contribution in [0.15, 0.2) is 84.9 Å². The van der Waals surface area contributed by atoms with E-state index in [-0.39, 0.29) is 101 Å². The molecule has 3 heterocycles. The highest BCUT2D eigenvalue weighted by molar-refractivity contribution is 7.47. The van der Waals surface area contributed by atoms with Gasteiger partial charge in [-0.1, -0.05) is 100 Å². The Balaban J connectivity index is 1.16. The third kappa shape index (κ3) is 27.6. The highest BCUT2D eigenvalue weighted by atomic mass is 31.2. The second-order valence-corrected chi connectivity index (χ2v) is 30.7. The molecule has 36 nitrogen and oxygen atoms in total. The van der Waals surface area contributed by atoms with Crippen molar-refractivity contribution in [1.29, 1.82) is 0 Å². The number of nitrogens with one attached hydrogen (secondary N) is 9. The number of carbonyl (C=O) groups is 14. The molecular formula is C75H109N16O20P. The van der Waals surface area contributed by atoms with E-state index in [0.717, 1.165) is 11.0 Å². The van der Waals surface area contributed by atoms with Gasteiger partial charge in [0.2, 0.25) is 82.7 Å². The Morgan fingerprint density at radius 1 is 0.518 bits per heavy atom. The van der Waals surface area contributed by atoms with E-state index in [0.29, 0.717) is 49.8 Å². The number of nitrogens with zero attached hydrogens (tertiary/aromatic N) is 4. The van der Waals surface area contributed by atoms with E-state index in [1.165, 1.54) is 55.7 Å². The number of primary amides is 2. The third-order valence-electron chi connectivity index (χ3n) is 19.4. The first kappa shape index (κ1) is 90.6. The number of nitro groups is 1. The lowest BCUT2D eigenvalue weighted by Crippen LogP contribution is -2.60. The molecule has 3 saturated heterocycles. The maximum atomic E-state index is 14.9. The van der Waals surface area contributed by atoms with Crippen molar-refractivity contribution in [2.24, 2.45) is 29.0 Å². The number of para-hydroxylation sites is 1. The van der Waals surface area contributed by atoms with Gasteiger partial charge in [-0.2, -0.15) is 0 Å². The largest absolute Gasteiger partial charge is 0.472 e. The molecule has 3 fully saturated rings. The Kier molecular flexibility index (Phi) is 35.2. The van der Waals surface area contributed by atoms with Crippen LogP contribution < -0.4 is 65.1 Å². The van der Waals surface area contributed by atoms with E-state index in [9.17, 15) is 86.7 Å². The molecule has 3 aromatic carbocycles. The van der Waals surface area contributed by atoms with E-state index in [1.54, 1.807) is 88.4 Å². The number of nitrogens with two attached hydrogens (primary N) is 3. The molecule has 0 spiro atoms. The van der Waals surface area contributed by atoms with Crippen molar-refractivity contribution in [3.8, 4) is 0 Å². The zero-order chi connectivity index (χ0) is 82.7. The average Bonchev–Trinajstić information content (AvgIpc) is 1.60. The summed E-state index contributed by atoms with van der Waals surface area (Å²) in [6, 6.07) is 6.17. The molecule has 3 aromatic rings. The van der Waals surface area contributed by atoms with Crippen LogP contribution >= 0.6 is 7.82 Å². The van der Waals surface area contributed by atoms with Crippen molar-refractivity contribution >= 4 is 96.2 Å². The number of amides is 14. The Labute approximate surface area is 650 Å². The SMILES string of the molecule is CC(=O)N1CCC[C@H]1C(=O)N[C@@H](CC(C)C)C(=O)N[C@@H](COP(=O)(O)OC(C)c1ccccc1[N+](=O)[O-])C(=O)N1CCC[C@H]1C(=O)N[C@@H](C)C(=O)N[C@@H](CCCCN)C(=O)N[C@@H](CC(C)C)C(=O)N[C@@H](C)C(=O)N[C@@H](Cc1ccccc1)C(=O)N[C@@H](CCC(N)=O)C(=O)N[C@@H](Cc1ccccc1)C(=O)N1CCC[C@H]1C(N)=O. The zero-order valence-corrected chi connectivity index (χ0v) is 65.5. The lowest BCUT2D eigenvalue weighted by molar-refractivity contribution is -0.386. The second kappa shape index (κ2) is 43.5. The number of rotatable bonds is 43. The van der Waals surface area contributed by atoms with Crippen LogP contribution in [0.5, 0.6) is 0 Å². The molecule has 0 aromatic heterocycles. The van der Waals surface area contributed by atoms with Crippen molar-refractivity contribution in [2.45, 2.75) is 230 Å². The fraction of sp³-hybridized carbons (Fsp3) is 0.573. The van der Waals surface area contributed by atoms with E-state index in [4.69, 9.17) is 26.2 Å². The predicted molar refractivity (Wildman–Crippen MR) is 407 cm³/mol. The Morgan fingerprint density at radius 3 is 1.48 bits per heavy atom. The van der Waals surface area contributed by atoms with E-state index < -0.39 is 187 Å². The smallest absolute Gasteiger partial charge is 0.370 e. The third-order valence-corrected chi connectivity index (χ3v) is 20.5. The minimum atomic E-state index is -5.28.